The predicted octanol–water partition coefficient (Wildman–Crippen LogP) is 4.19. The van der Waals surface area contributed by atoms with Gasteiger partial charge in [0.25, 0.3) is 0 Å². The van der Waals surface area contributed by atoms with Crippen molar-refractivity contribution < 1.29 is 4.79 Å². The first-order valence-electron chi connectivity index (χ1n) is 6.53. The van der Waals surface area contributed by atoms with Gasteiger partial charge in [0.1, 0.15) is 0 Å². The van der Waals surface area contributed by atoms with Gasteiger partial charge in [0, 0.05) is 29.5 Å². The molecule has 0 aliphatic heterocycles. The molecular formula is C17H15NOS. The molecule has 0 saturated heterocycles. The summed E-state index contributed by atoms with van der Waals surface area (Å²) in [5.74, 6) is 1.96. The second-order valence-corrected chi connectivity index (χ2v) is 5.68. The van der Waals surface area contributed by atoms with Crippen molar-refractivity contribution in [3.63, 3.8) is 0 Å². The Morgan fingerprint density at radius 2 is 1.70 bits per heavy atom. The molecule has 0 atom stereocenters. The second kappa shape index (κ2) is 5.97. The maximum atomic E-state index is 11.0. The maximum Gasteiger partial charge on any atom is 0.152 e. The van der Waals surface area contributed by atoms with Gasteiger partial charge in [-0.2, -0.15) is 11.8 Å². The van der Waals surface area contributed by atoms with E-state index in [4.69, 9.17) is 0 Å². The molecule has 3 aromatic rings. The average molecular weight is 281 g/mol. The Morgan fingerprint density at radius 1 is 0.950 bits per heavy atom. The Balaban J connectivity index is 1.70. The van der Waals surface area contributed by atoms with E-state index in [9.17, 15) is 4.79 Å². The minimum absolute atomic E-state index is 0.750. The molecule has 2 aromatic heterocycles. The minimum atomic E-state index is 0.750. The Labute approximate surface area is 122 Å². The molecule has 0 aliphatic carbocycles. The fourth-order valence-electron chi connectivity index (χ4n) is 2.21. The van der Waals surface area contributed by atoms with Crippen molar-refractivity contribution in [3.05, 3.63) is 77.6 Å². The molecule has 3 rings (SSSR count). The number of hydrogen-bond acceptors (Lipinski definition) is 2. The van der Waals surface area contributed by atoms with Gasteiger partial charge in [-0.05, 0) is 29.3 Å². The lowest BCUT2D eigenvalue weighted by Crippen LogP contribution is -1.88. The molecule has 1 aromatic carbocycles. The van der Waals surface area contributed by atoms with Crippen LogP contribution in [-0.4, -0.2) is 10.7 Å². The van der Waals surface area contributed by atoms with Crippen LogP contribution in [0.15, 0.2) is 60.9 Å². The van der Waals surface area contributed by atoms with Crippen LogP contribution >= 0.6 is 11.8 Å². The first kappa shape index (κ1) is 13.0. The van der Waals surface area contributed by atoms with E-state index < -0.39 is 0 Å². The van der Waals surface area contributed by atoms with E-state index in [1.54, 1.807) is 0 Å². The van der Waals surface area contributed by atoms with Gasteiger partial charge in [-0.3, -0.25) is 4.79 Å². The Kier molecular flexibility index (Phi) is 3.88. The molecule has 20 heavy (non-hydrogen) atoms. The van der Waals surface area contributed by atoms with Crippen LogP contribution in [0.5, 0.6) is 0 Å². The highest BCUT2D eigenvalue weighted by Crippen LogP contribution is 2.20. The number of nitrogens with zero attached hydrogens (tertiary/aromatic N) is 1. The lowest BCUT2D eigenvalue weighted by atomic mass is 10.2. The first-order valence-corrected chi connectivity index (χ1v) is 7.69. The number of aldehydes is 1. The Morgan fingerprint density at radius 3 is 2.50 bits per heavy atom. The zero-order valence-corrected chi connectivity index (χ0v) is 11.8. The molecular weight excluding hydrogens is 266 g/mol. The van der Waals surface area contributed by atoms with Crippen LogP contribution in [0.3, 0.4) is 0 Å². The van der Waals surface area contributed by atoms with Gasteiger partial charge in [0.2, 0.25) is 0 Å². The van der Waals surface area contributed by atoms with Crippen LogP contribution in [0.25, 0.3) is 5.52 Å². The van der Waals surface area contributed by atoms with Gasteiger partial charge in [0.05, 0.1) is 5.52 Å². The number of thioether (sulfide) groups is 1. The fourth-order valence-corrected chi connectivity index (χ4v) is 3.16. The largest absolute Gasteiger partial charge is 0.323 e. The molecule has 100 valence electrons. The van der Waals surface area contributed by atoms with E-state index in [1.807, 2.05) is 40.7 Å². The predicted molar refractivity (Wildman–Crippen MR) is 84.2 cm³/mol. The highest BCUT2D eigenvalue weighted by molar-refractivity contribution is 7.97. The highest BCUT2D eigenvalue weighted by atomic mass is 32.2. The minimum Gasteiger partial charge on any atom is -0.323 e. The van der Waals surface area contributed by atoms with Crippen LogP contribution in [0.1, 0.15) is 21.5 Å². The molecule has 2 heterocycles. The highest BCUT2D eigenvalue weighted by Gasteiger charge is 2.03. The van der Waals surface area contributed by atoms with Crippen molar-refractivity contribution in [2.24, 2.45) is 0 Å². The molecule has 0 spiro atoms. The van der Waals surface area contributed by atoms with Crippen molar-refractivity contribution >= 4 is 23.6 Å². The topological polar surface area (TPSA) is 21.5 Å². The number of pyridine rings is 1. The first-order chi connectivity index (χ1) is 9.86. The van der Waals surface area contributed by atoms with Crippen molar-refractivity contribution in [1.82, 2.24) is 4.40 Å². The molecule has 0 fully saturated rings. The van der Waals surface area contributed by atoms with Crippen LogP contribution in [0.4, 0.5) is 0 Å². The summed E-state index contributed by atoms with van der Waals surface area (Å²) >= 11 is 1.89. The van der Waals surface area contributed by atoms with Gasteiger partial charge in [-0.25, -0.2) is 0 Å². The third kappa shape index (κ3) is 2.78. The number of aromatic nitrogens is 1. The number of benzene rings is 1. The van der Waals surface area contributed by atoms with Gasteiger partial charge < -0.3 is 4.40 Å². The van der Waals surface area contributed by atoms with E-state index in [0.29, 0.717) is 0 Å². The number of rotatable bonds is 5. The fraction of sp³-hybridized carbons (Fsp3) is 0.118. The normalized spacial score (nSPS) is 10.8. The number of hydrogen-bond donors (Lipinski definition) is 0. The van der Waals surface area contributed by atoms with Crippen molar-refractivity contribution in [2.75, 3.05) is 0 Å². The smallest absolute Gasteiger partial charge is 0.152 e. The van der Waals surface area contributed by atoms with Crippen molar-refractivity contribution in [2.45, 2.75) is 11.5 Å². The SMILES string of the molecule is O=Cc1ccn2ccc(CSCc3ccccc3)cc12. The van der Waals surface area contributed by atoms with Gasteiger partial charge in [-0.15, -0.1) is 0 Å². The Hall–Kier alpha value is -2.00. The molecule has 0 unspecified atom stereocenters. The summed E-state index contributed by atoms with van der Waals surface area (Å²) in [6.45, 7) is 0. The molecule has 0 amide bonds. The summed E-state index contributed by atoms with van der Waals surface area (Å²) in [6.07, 6.45) is 4.84. The molecule has 0 saturated carbocycles. The van der Waals surface area contributed by atoms with Crippen LogP contribution in [0, 0.1) is 0 Å². The van der Waals surface area contributed by atoms with Gasteiger partial charge >= 0.3 is 0 Å². The molecule has 0 radical (unpaired) electrons. The lowest BCUT2D eigenvalue weighted by molar-refractivity contribution is 0.112. The van der Waals surface area contributed by atoms with Gasteiger partial charge in [0.15, 0.2) is 6.29 Å². The number of fused-ring (bicyclic) bond motifs is 1. The van der Waals surface area contributed by atoms with Gasteiger partial charge in [-0.1, -0.05) is 30.3 Å². The zero-order valence-electron chi connectivity index (χ0n) is 11.0. The summed E-state index contributed by atoms with van der Waals surface area (Å²) in [5, 5.41) is 0. The number of carbonyl (C=O) groups is 1. The summed E-state index contributed by atoms with van der Waals surface area (Å²) < 4.78 is 1.98. The van der Waals surface area contributed by atoms with E-state index in [1.165, 1.54) is 11.1 Å². The van der Waals surface area contributed by atoms with Crippen molar-refractivity contribution in [3.8, 4) is 0 Å². The second-order valence-electron chi connectivity index (χ2n) is 4.69. The monoisotopic (exact) mass is 281 g/mol. The Bertz CT molecular complexity index is 718. The zero-order chi connectivity index (χ0) is 13.8. The maximum absolute atomic E-state index is 11.0. The molecule has 3 heteroatoms. The van der Waals surface area contributed by atoms with Crippen LogP contribution in [0.2, 0.25) is 0 Å². The van der Waals surface area contributed by atoms with Crippen LogP contribution in [-0.2, 0) is 11.5 Å². The summed E-state index contributed by atoms with van der Waals surface area (Å²) in [7, 11) is 0. The quantitative estimate of drug-likeness (QED) is 0.654. The standard InChI is InChI=1S/C17H15NOS/c19-11-16-7-9-18-8-6-15(10-17(16)18)13-20-12-14-4-2-1-3-5-14/h1-11H,12-13H2. The van der Waals surface area contributed by atoms with E-state index in [2.05, 4.69) is 36.4 Å². The molecule has 2 nitrogen and oxygen atoms in total. The third-order valence-corrected chi connectivity index (χ3v) is 4.34. The third-order valence-electron chi connectivity index (χ3n) is 3.27. The van der Waals surface area contributed by atoms with E-state index in [0.717, 1.165) is 28.9 Å². The number of carbonyl (C=O) groups excluding carboxylic acids is 1. The molecule has 0 N–H and O–H groups in total. The molecule has 0 bridgehead atoms. The van der Waals surface area contributed by atoms with Crippen molar-refractivity contribution in [1.29, 1.82) is 0 Å². The lowest BCUT2D eigenvalue weighted by Gasteiger charge is -2.04. The summed E-state index contributed by atoms with van der Waals surface area (Å²) in [4.78, 5) is 11.0. The van der Waals surface area contributed by atoms with E-state index >= 15 is 0 Å². The summed E-state index contributed by atoms with van der Waals surface area (Å²) in [5.41, 5.74) is 4.33. The average Bonchev–Trinajstić information content (AvgIpc) is 2.91. The van der Waals surface area contributed by atoms with Crippen LogP contribution < -0.4 is 0 Å². The van der Waals surface area contributed by atoms with E-state index in [-0.39, 0.29) is 0 Å². The molecule has 0 aliphatic rings. The summed E-state index contributed by atoms with van der Waals surface area (Å²) in [6, 6.07) is 16.5.